The van der Waals surface area contributed by atoms with Crippen molar-refractivity contribution in [2.75, 3.05) is 6.61 Å². The summed E-state index contributed by atoms with van der Waals surface area (Å²) >= 11 is 0. The molecule has 0 aromatic carbocycles. The SMILES string of the molecule is C=C1CC2C3CCC4=CC(=O)C=CC4(C)C3C(O)CC2(C)[C@@]1(OC(=O)c1ccco1)C(=O)COC(C)=O. The lowest BCUT2D eigenvalue weighted by Crippen LogP contribution is -2.63. The van der Waals surface area contributed by atoms with Crippen LogP contribution in [0.3, 0.4) is 0 Å². The van der Waals surface area contributed by atoms with Gasteiger partial charge >= 0.3 is 11.9 Å². The van der Waals surface area contributed by atoms with Crippen LogP contribution in [0.1, 0.15) is 57.0 Å². The van der Waals surface area contributed by atoms with Crippen LogP contribution in [-0.4, -0.2) is 46.9 Å². The van der Waals surface area contributed by atoms with E-state index in [1.807, 2.05) is 13.0 Å². The predicted octanol–water partition coefficient (Wildman–Crippen LogP) is 3.75. The van der Waals surface area contributed by atoms with E-state index in [0.29, 0.717) is 18.4 Å². The van der Waals surface area contributed by atoms with Gasteiger partial charge in [-0.3, -0.25) is 14.4 Å². The monoisotopic (exact) mass is 508 g/mol. The molecule has 4 aliphatic rings. The Labute approximate surface area is 215 Å². The van der Waals surface area contributed by atoms with E-state index < -0.39 is 46.9 Å². The summed E-state index contributed by atoms with van der Waals surface area (Å²) in [5.41, 5.74) is -1.86. The van der Waals surface area contributed by atoms with Crippen molar-refractivity contribution in [3.8, 4) is 0 Å². The Balaban J connectivity index is 1.58. The van der Waals surface area contributed by atoms with Crippen molar-refractivity contribution in [2.24, 2.45) is 28.6 Å². The highest BCUT2D eigenvalue weighted by Crippen LogP contribution is 2.69. The maximum absolute atomic E-state index is 13.9. The minimum absolute atomic E-state index is 0.0174. The molecule has 7 atom stereocenters. The molecule has 3 saturated carbocycles. The highest BCUT2D eigenvalue weighted by atomic mass is 16.6. The number of hydrogen-bond donors (Lipinski definition) is 1. The smallest absolute Gasteiger partial charge is 0.375 e. The van der Waals surface area contributed by atoms with Gasteiger partial charge in [-0.15, -0.1) is 0 Å². The number of hydrogen-bond acceptors (Lipinski definition) is 8. The van der Waals surface area contributed by atoms with Crippen molar-refractivity contribution >= 4 is 23.5 Å². The van der Waals surface area contributed by atoms with Gasteiger partial charge < -0.3 is 19.0 Å². The Morgan fingerprint density at radius 3 is 2.70 bits per heavy atom. The van der Waals surface area contributed by atoms with E-state index in [1.165, 1.54) is 19.3 Å². The van der Waals surface area contributed by atoms with Gasteiger partial charge in [0.05, 0.1) is 12.4 Å². The zero-order valence-electron chi connectivity index (χ0n) is 21.3. The van der Waals surface area contributed by atoms with Crippen LogP contribution in [0.25, 0.3) is 0 Å². The van der Waals surface area contributed by atoms with Gasteiger partial charge in [0.15, 0.2) is 12.4 Å². The lowest BCUT2D eigenvalue weighted by molar-refractivity contribution is -0.177. The third kappa shape index (κ3) is 3.60. The molecule has 0 radical (unpaired) electrons. The third-order valence-electron chi connectivity index (χ3n) is 9.42. The molecule has 0 saturated heterocycles. The summed E-state index contributed by atoms with van der Waals surface area (Å²) in [6.07, 6.45) is 7.65. The van der Waals surface area contributed by atoms with E-state index in [0.717, 1.165) is 12.0 Å². The molecular formula is C29H32O8. The van der Waals surface area contributed by atoms with Gasteiger partial charge in [0.25, 0.3) is 0 Å². The molecule has 8 heteroatoms. The number of furan rings is 1. The topological polar surface area (TPSA) is 120 Å². The molecule has 196 valence electrons. The van der Waals surface area contributed by atoms with Gasteiger partial charge in [-0.25, -0.2) is 4.79 Å². The number of ether oxygens (including phenoxy) is 2. The second-order valence-corrected chi connectivity index (χ2v) is 11.3. The number of aliphatic hydroxyl groups is 1. The summed E-state index contributed by atoms with van der Waals surface area (Å²) in [6, 6.07) is 2.99. The fraction of sp³-hybridized carbons (Fsp3) is 0.517. The molecule has 0 amide bonds. The van der Waals surface area contributed by atoms with Gasteiger partial charge in [-0.1, -0.05) is 32.1 Å². The average Bonchev–Trinajstić information content (AvgIpc) is 3.44. The van der Waals surface area contributed by atoms with Crippen molar-refractivity contribution in [3.05, 3.63) is 60.1 Å². The number of aliphatic hydroxyl groups excluding tert-OH is 1. The normalized spacial score (nSPS) is 38.2. The number of carbonyl (C=O) groups is 4. The Kier molecular flexibility index (Phi) is 5.94. The first kappa shape index (κ1) is 25.4. The summed E-state index contributed by atoms with van der Waals surface area (Å²) in [6.45, 7) is 8.76. The first-order valence-electron chi connectivity index (χ1n) is 12.7. The highest BCUT2D eigenvalue weighted by Gasteiger charge is 2.72. The highest BCUT2D eigenvalue weighted by molar-refractivity contribution is 6.01. The Bertz CT molecular complexity index is 1240. The number of allylic oxidation sites excluding steroid dienone is 4. The van der Waals surface area contributed by atoms with Crippen molar-refractivity contribution in [2.45, 2.75) is 58.2 Å². The molecule has 37 heavy (non-hydrogen) atoms. The van der Waals surface area contributed by atoms with Crippen LogP contribution in [0.2, 0.25) is 0 Å². The zero-order chi connectivity index (χ0) is 26.8. The molecule has 0 bridgehead atoms. The van der Waals surface area contributed by atoms with Crippen molar-refractivity contribution in [3.63, 3.8) is 0 Å². The maximum Gasteiger partial charge on any atom is 0.375 e. The standard InChI is InChI=1S/C29H32O8/c1-16-12-21-20-8-7-18-13-19(31)9-10-27(18,3)25(20)22(32)14-28(21,4)29(16,24(33)15-36-17(2)30)37-26(34)23-6-5-11-35-23/h5-6,9-11,13,20-22,25,32H,1,7-8,12,14-15H2,2-4H3/t20?,21?,22?,25?,27?,28?,29-/m0/s1. The number of Topliss-reactive ketones (excluding diaryl/α,β-unsaturated/α-hetero) is 1. The predicted molar refractivity (Wildman–Crippen MR) is 131 cm³/mol. The molecule has 1 aromatic heterocycles. The fourth-order valence-corrected chi connectivity index (χ4v) is 7.88. The second-order valence-electron chi connectivity index (χ2n) is 11.3. The molecule has 6 unspecified atom stereocenters. The largest absolute Gasteiger partial charge is 0.458 e. The molecule has 0 aliphatic heterocycles. The van der Waals surface area contributed by atoms with Crippen LogP contribution in [0.15, 0.2) is 58.8 Å². The molecule has 3 fully saturated rings. The van der Waals surface area contributed by atoms with E-state index in [4.69, 9.17) is 13.9 Å². The average molecular weight is 509 g/mol. The fourth-order valence-electron chi connectivity index (χ4n) is 7.88. The van der Waals surface area contributed by atoms with E-state index in [-0.39, 0.29) is 35.7 Å². The molecular weight excluding hydrogens is 476 g/mol. The van der Waals surface area contributed by atoms with E-state index in [9.17, 15) is 24.3 Å². The molecule has 5 rings (SSSR count). The lowest BCUT2D eigenvalue weighted by Gasteiger charge is -2.59. The Morgan fingerprint density at radius 2 is 2.03 bits per heavy atom. The van der Waals surface area contributed by atoms with Gasteiger partial charge in [0.2, 0.25) is 17.1 Å². The molecule has 1 N–H and O–H groups in total. The molecule has 8 nitrogen and oxygen atoms in total. The minimum Gasteiger partial charge on any atom is -0.458 e. The summed E-state index contributed by atoms with van der Waals surface area (Å²) in [5, 5.41) is 11.7. The van der Waals surface area contributed by atoms with Crippen molar-refractivity contribution < 1.29 is 38.2 Å². The van der Waals surface area contributed by atoms with E-state index >= 15 is 0 Å². The van der Waals surface area contributed by atoms with Crippen molar-refractivity contribution in [1.29, 1.82) is 0 Å². The van der Waals surface area contributed by atoms with Gasteiger partial charge in [0.1, 0.15) is 0 Å². The Morgan fingerprint density at radius 1 is 1.27 bits per heavy atom. The van der Waals surface area contributed by atoms with E-state index in [2.05, 4.69) is 13.5 Å². The van der Waals surface area contributed by atoms with Crippen LogP contribution in [-0.2, 0) is 23.9 Å². The lowest BCUT2D eigenvalue weighted by atomic mass is 9.46. The number of ketones is 2. The molecule has 4 aliphatic carbocycles. The first-order valence-corrected chi connectivity index (χ1v) is 12.7. The van der Waals surface area contributed by atoms with Crippen molar-refractivity contribution in [1.82, 2.24) is 0 Å². The number of rotatable bonds is 5. The summed E-state index contributed by atoms with van der Waals surface area (Å²) < 4.78 is 16.3. The number of fused-ring (bicyclic) bond motifs is 5. The van der Waals surface area contributed by atoms with Gasteiger partial charge in [-0.2, -0.15) is 0 Å². The third-order valence-corrected chi connectivity index (χ3v) is 9.42. The molecule has 1 aromatic rings. The Hall–Kier alpha value is -3.26. The minimum atomic E-state index is -1.81. The first-order chi connectivity index (χ1) is 17.4. The quantitative estimate of drug-likeness (QED) is 0.472. The van der Waals surface area contributed by atoms with Crippen LogP contribution in [0.5, 0.6) is 0 Å². The second kappa shape index (κ2) is 8.65. The van der Waals surface area contributed by atoms with Gasteiger partial charge in [0, 0.05) is 23.7 Å². The van der Waals surface area contributed by atoms with Crippen LogP contribution in [0, 0.1) is 28.6 Å². The number of esters is 2. The van der Waals surface area contributed by atoms with E-state index in [1.54, 1.807) is 18.2 Å². The maximum atomic E-state index is 13.9. The van der Waals surface area contributed by atoms with Crippen LogP contribution >= 0.6 is 0 Å². The van der Waals surface area contributed by atoms with Crippen LogP contribution < -0.4 is 0 Å². The summed E-state index contributed by atoms with van der Waals surface area (Å²) in [4.78, 5) is 50.7. The van der Waals surface area contributed by atoms with Gasteiger partial charge in [-0.05, 0) is 67.4 Å². The summed E-state index contributed by atoms with van der Waals surface area (Å²) in [5.74, 6) is -2.49. The van der Waals surface area contributed by atoms with Crippen LogP contribution in [0.4, 0.5) is 0 Å². The molecule has 1 heterocycles. The number of carbonyl (C=O) groups excluding carboxylic acids is 4. The zero-order valence-corrected chi connectivity index (χ0v) is 21.3. The molecule has 0 spiro atoms. The summed E-state index contributed by atoms with van der Waals surface area (Å²) in [7, 11) is 0.